The van der Waals surface area contributed by atoms with Crippen molar-refractivity contribution in [3.8, 4) is 0 Å². The molecule has 0 aromatic rings. The molecule has 0 saturated carbocycles. The van der Waals surface area contributed by atoms with E-state index in [1.165, 1.54) is 0 Å². The van der Waals surface area contributed by atoms with Gasteiger partial charge in [0.15, 0.2) is 4.38 Å². The molecule has 0 N–H and O–H groups in total. The van der Waals surface area contributed by atoms with Gasteiger partial charge in [0.25, 0.3) is 0 Å². The fraction of sp³-hybridized carbons (Fsp3) is 0. The predicted octanol–water partition coefficient (Wildman–Crippen LogP) is 0.301. The molecular formula is CHBOS2. The van der Waals surface area contributed by atoms with Crippen molar-refractivity contribution in [1.82, 2.24) is 0 Å². The highest BCUT2D eigenvalue weighted by Crippen LogP contribution is 1.78. The van der Waals surface area contributed by atoms with Gasteiger partial charge < -0.3 is 4.65 Å². The molecule has 1 nitrogen and oxygen atoms in total. The van der Waals surface area contributed by atoms with Gasteiger partial charge in [0.1, 0.15) is 0 Å². The van der Waals surface area contributed by atoms with E-state index in [0.29, 0.717) is 0 Å². The zero-order valence-electron chi connectivity index (χ0n) is 2.34. The van der Waals surface area contributed by atoms with Crippen molar-refractivity contribution in [3.05, 3.63) is 0 Å². The zero-order chi connectivity index (χ0) is 4.28. The van der Waals surface area contributed by atoms with Crippen molar-refractivity contribution in [2.24, 2.45) is 0 Å². The van der Waals surface area contributed by atoms with Gasteiger partial charge in [-0.3, -0.25) is 0 Å². The lowest BCUT2D eigenvalue weighted by Gasteiger charge is -1.84. The number of thiol groups is 1. The molecule has 4 heteroatoms. The standard InChI is InChI=1S/CHBOS2/c2-3-1(4)5/h(H,4,5). The average Bonchev–Trinajstić information content (AvgIpc) is 1.38. The maximum absolute atomic E-state index is 4.45. The van der Waals surface area contributed by atoms with Crippen LogP contribution in [0.3, 0.4) is 0 Å². The lowest BCUT2D eigenvalue weighted by atomic mass is 10.6. The van der Waals surface area contributed by atoms with Crippen LogP contribution in [0.2, 0.25) is 0 Å². The molecule has 0 aliphatic rings. The molecule has 0 fully saturated rings. The van der Waals surface area contributed by atoms with Gasteiger partial charge >= 0.3 is 8.05 Å². The zero-order valence-corrected chi connectivity index (χ0v) is 4.05. The van der Waals surface area contributed by atoms with E-state index in [4.69, 9.17) is 0 Å². The topological polar surface area (TPSA) is 9.23 Å². The summed E-state index contributed by atoms with van der Waals surface area (Å²) in [6, 6.07) is 0. The van der Waals surface area contributed by atoms with Crippen LogP contribution in [-0.2, 0) is 4.65 Å². The summed E-state index contributed by atoms with van der Waals surface area (Å²) in [5, 5.41) is 0. The quantitative estimate of drug-likeness (QED) is 0.269. The normalized spacial score (nSPS) is 6.60. The summed E-state index contributed by atoms with van der Waals surface area (Å²) in [5.74, 6) is 0. The molecule has 0 aliphatic carbocycles. The molecule has 0 bridgehead atoms. The first-order chi connectivity index (χ1) is 2.27. The van der Waals surface area contributed by atoms with E-state index in [1.54, 1.807) is 0 Å². The second kappa shape index (κ2) is 2.54. The summed E-state index contributed by atoms with van der Waals surface area (Å²) in [6.07, 6.45) is 0. The van der Waals surface area contributed by atoms with E-state index in [1.807, 2.05) is 0 Å². The minimum atomic E-state index is 0.0602. The monoisotopic (exact) mass is 104 g/mol. The summed E-state index contributed by atoms with van der Waals surface area (Å²) in [6.45, 7) is 0. The Kier molecular flexibility index (Phi) is 2.69. The summed E-state index contributed by atoms with van der Waals surface area (Å²) < 4.78 is 3.91. The van der Waals surface area contributed by atoms with Crippen LogP contribution in [-0.4, -0.2) is 12.4 Å². The molecule has 0 amide bonds. The minimum absolute atomic E-state index is 0.0602. The summed E-state index contributed by atoms with van der Waals surface area (Å²) in [4.78, 5) is 0. The van der Waals surface area contributed by atoms with Crippen LogP contribution in [0.4, 0.5) is 0 Å². The molecule has 0 atom stereocenters. The first-order valence-electron chi connectivity index (χ1n) is 0.868. The van der Waals surface area contributed by atoms with Gasteiger partial charge in [-0.1, -0.05) is 12.6 Å². The second-order valence-corrected chi connectivity index (χ2v) is 1.46. The van der Waals surface area contributed by atoms with E-state index in [9.17, 15) is 0 Å². The van der Waals surface area contributed by atoms with Crippen LogP contribution < -0.4 is 0 Å². The molecule has 0 aromatic carbocycles. The largest absolute Gasteiger partial charge is 0.556 e. The van der Waals surface area contributed by atoms with Gasteiger partial charge in [-0.25, -0.2) is 0 Å². The van der Waals surface area contributed by atoms with Crippen LogP contribution in [0, 0.1) is 0 Å². The van der Waals surface area contributed by atoms with Crippen LogP contribution >= 0.6 is 24.8 Å². The van der Waals surface area contributed by atoms with Gasteiger partial charge in [0.2, 0.25) is 0 Å². The summed E-state index contributed by atoms with van der Waals surface area (Å²) in [5.41, 5.74) is 0. The molecular weight excluding hydrogens is 103 g/mol. The van der Waals surface area contributed by atoms with Crippen molar-refractivity contribution in [1.29, 1.82) is 0 Å². The van der Waals surface area contributed by atoms with Gasteiger partial charge in [-0.2, -0.15) is 0 Å². The van der Waals surface area contributed by atoms with Crippen LogP contribution in [0.5, 0.6) is 0 Å². The van der Waals surface area contributed by atoms with Gasteiger partial charge in [-0.05, 0) is 12.2 Å². The van der Waals surface area contributed by atoms with E-state index < -0.39 is 0 Å². The average molecular weight is 104 g/mol. The Morgan fingerprint density at radius 1 is 2.00 bits per heavy atom. The number of hydrogen-bond donors (Lipinski definition) is 1. The molecule has 2 radical (unpaired) electrons. The first kappa shape index (κ1) is 5.30. The van der Waals surface area contributed by atoms with Crippen molar-refractivity contribution >= 4 is 37.3 Å². The van der Waals surface area contributed by atoms with Crippen molar-refractivity contribution in [3.63, 3.8) is 0 Å². The fourth-order valence-electron chi connectivity index (χ4n) is 0. The van der Waals surface area contributed by atoms with Crippen LogP contribution in [0.1, 0.15) is 0 Å². The lowest BCUT2D eigenvalue weighted by molar-refractivity contribution is 0.648. The smallest absolute Gasteiger partial charge is 0.376 e. The summed E-state index contributed by atoms with van der Waals surface area (Å²) >= 11 is 7.70. The van der Waals surface area contributed by atoms with E-state index in [0.717, 1.165) is 0 Å². The second-order valence-electron chi connectivity index (χ2n) is 0.384. The van der Waals surface area contributed by atoms with E-state index >= 15 is 0 Å². The molecule has 26 valence electrons. The maximum atomic E-state index is 4.45. The molecule has 0 aromatic heterocycles. The Balaban J connectivity index is 2.85. The first-order valence-corrected chi connectivity index (χ1v) is 1.72. The highest BCUT2D eigenvalue weighted by atomic mass is 32.1. The number of hydrogen-bond acceptors (Lipinski definition) is 2. The Morgan fingerprint density at radius 3 is 2.20 bits per heavy atom. The number of thiocarbonyl (C=S) groups is 1. The third-order valence-electron chi connectivity index (χ3n) is 0.101. The van der Waals surface area contributed by atoms with Crippen LogP contribution in [0.15, 0.2) is 0 Å². The highest BCUT2D eigenvalue weighted by molar-refractivity contribution is 8.10. The molecule has 0 heterocycles. The Hall–Kier alpha value is 0.305. The van der Waals surface area contributed by atoms with Crippen molar-refractivity contribution < 1.29 is 4.65 Å². The molecule has 0 spiro atoms. The molecule has 0 unspecified atom stereocenters. The third kappa shape index (κ3) is 4.30. The molecule has 0 aliphatic heterocycles. The third-order valence-corrected chi connectivity index (χ3v) is 0.302. The van der Waals surface area contributed by atoms with Gasteiger partial charge in [-0.15, -0.1) is 0 Å². The Morgan fingerprint density at radius 2 is 2.20 bits per heavy atom. The molecule has 0 rings (SSSR count). The Bertz CT molecular complexity index is 44.9. The van der Waals surface area contributed by atoms with Crippen molar-refractivity contribution in [2.45, 2.75) is 0 Å². The van der Waals surface area contributed by atoms with E-state index in [-0.39, 0.29) is 4.38 Å². The molecule has 0 saturated heterocycles. The highest BCUT2D eigenvalue weighted by Gasteiger charge is 1.71. The minimum Gasteiger partial charge on any atom is -0.556 e. The summed E-state index contributed by atoms with van der Waals surface area (Å²) in [7, 11) is 4.45. The van der Waals surface area contributed by atoms with Crippen LogP contribution in [0.25, 0.3) is 0 Å². The molecule has 5 heavy (non-hydrogen) atoms. The fourth-order valence-corrected chi connectivity index (χ4v) is 0. The van der Waals surface area contributed by atoms with Crippen molar-refractivity contribution in [2.75, 3.05) is 0 Å². The van der Waals surface area contributed by atoms with Gasteiger partial charge in [0, 0.05) is 0 Å². The predicted molar refractivity (Wildman–Crippen MR) is 28.4 cm³/mol. The van der Waals surface area contributed by atoms with E-state index in [2.05, 4.69) is 37.6 Å². The maximum Gasteiger partial charge on any atom is 0.376 e. The SMILES string of the molecule is [B]OC(=S)S. The van der Waals surface area contributed by atoms with Gasteiger partial charge in [0.05, 0.1) is 0 Å². The Labute approximate surface area is 42.6 Å². The lowest BCUT2D eigenvalue weighted by Crippen LogP contribution is -1.82. The number of rotatable bonds is 0.